The number of sulfonamides is 1. The third-order valence-corrected chi connectivity index (χ3v) is 8.93. The van der Waals surface area contributed by atoms with Crippen molar-refractivity contribution in [3.05, 3.63) is 89.5 Å². The Bertz CT molecular complexity index is 1430. The van der Waals surface area contributed by atoms with Crippen LogP contribution >= 0.6 is 0 Å². The van der Waals surface area contributed by atoms with Crippen molar-refractivity contribution in [3.63, 3.8) is 0 Å². The summed E-state index contributed by atoms with van der Waals surface area (Å²) in [6, 6.07) is 20.0. The largest absolute Gasteiger partial charge is 0.497 e. The second-order valence-corrected chi connectivity index (χ2v) is 11.8. The first-order valence-corrected chi connectivity index (χ1v) is 15.4. The molecule has 0 aliphatic rings. The molecule has 3 aromatic rings. The third-order valence-electron chi connectivity index (χ3n) is 7.16. The van der Waals surface area contributed by atoms with Gasteiger partial charge in [0.25, 0.3) is 10.0 Å². The van der Waals surface area contributed by atoms with E-state index in [4.69, 9.17) is 4.74 Å². The lowest BCUT2D eigenvalue weighted by molar-refractivity contribution is -0.140. The minimum absolute atomic E-state index is 0.0809. The highest BCUT2D eigenvalue weighted by Crippen LogP contribution is 2.29. The van der Waals surface area contributed by atoms with E-state index in [0.717, 1.165) is 33.8 Å². The Morgan fingerprint density at radius 2 is 1.66 bits per heavy atom. The Morgan fingerprint density at radius 1 is 0.951 bits per heavy atom. The smallest absolute Gasteiger partial charge is 0.264 e. The van der Waals surface area contributed by atoms with Crippen LogP contribution in [-0.2, 0) is 26.2 Å². The average molecular weight is 580 g/mol. The van der Waals surface area contributed by atoms with Crippen molar-refractivity contribution >= 4 is 27.5 Å². The molecule has 0 aromatic heterocycles. The molecule has 0 spiro atoms. The highest BCUT2D eigenvalue weighted by atomic mass is 32.2. The predicted octanol–water partition coefficient (Wildman–Crippen LogP) is 5.23. The van der Waals surface area contributed by atoms with Gasteiger partial charge in [-0.3, -0.25) is 13.9 Å². The number of carbonyl (C=O) groups is 2. The Labute approximate surface area is 244 Å². The fraction of sp³-hybridized carbons (Fsp3) is 0.375. The number of benzene rings is 3. The standard InChI is InChI=1S/C32H41N3O5S/c1-6-8-20-33-32(37)29(7-2)34(22-26-15-13-16-27(21-26)40-5)31(36)23-35(30-19-12-14-24(3)25(30)4)41(38,39)28-17-10-9-11-18-28/h9-19,21,29H,6-8,20,22-23H2,1-5H3,(H,33,37)/t29-/m1/s1. The van der Waals surface area contributed by atoms with Gasteiger partial charge < -0.3 is 15.0 Å². The van der Waals surface area contributed by atoms with E-state index in [1.807, 2.05) is 52.0 Å². The summed E-state index contributed by atoms with van der Waals surface area (Å²) < 4.78 is 34.5. The minimum atomic E-state index is -4.11. The zero-order valence-electron chi connectivity index (χ0n) is 24.6. The number of anilines is 1. The zero-order chi connectivity index (χ0) is 30.0. The van der Waals surface area contributed by atoms with Gasteiger partial charge in [0.1, 0.15) is 18.3 Å². The molecule has 0 unspecified atom stereocenters. The summed E-state index contributed by atoms with van der Waals surface area (Å²) in [7, 11) is -2.55. The van der Waals surface area contributed by atoms with Crippen LogP contribution in [-0.4, -0.2) is 51.4 Å². The fourth-order valence-corrected chi connectivity index (χ4v) is 6.12. The molecule has 0 aliphatic carbocycles. The van der Waals surface area contributed by atoms with Crippen LogP contribution in [0.1, 0.15) is 49.8 Å². The molecule has 9 heteroatoms. The fourth-order valence-electron chi connectivity index (χ4n) is 4.63. The van der Waals surface area contributed by atoms with Crippen molar-refractivity contribution in [2.75, 3.05) is 24.5 Å². The van der Waals surface area contributed by atoms with Gasteiger partial charge in [0.05, 0.1) is 17.7 Å². The first-order chi connectivity index (χ1) is 19.6. The van der Waals surface area contributed by atoms with Crippen LogP contribution in [0.2, 0.25) is 0 Å². The third kappa shape index (κ3) is 7.88. The number of amides is 2. The molecular formula is C32H41N3O5S. The number of carbonyl (C=O) groups excluding carboxylic acids is 2. The van der Waals surface area contributed by atoms with E-state index >= 15 is 0 Å². The second kappa shape index (κ2) is 14.7. The Kier molecular flexibility index (Phi) is 11.3. The molecule has 0 saturated carbocycles. The molecule has 0 radical (unpaired) electrons. The van der Waals surface area contributed by atoms with Crippen molar-refractivity contribution in [2.45, 2.75) is 64.4 Å². The summed E-state index contributed by atoms with van der Waals surface area (Å²) in [4.78, 5) is 29.1. The van der Waals surface area contributed by atoms with Gasteiger partial charge in [0.2, 0.25) is 11.8 Å². The van der Waals surface area contributed by atoms with Gasteiger partial charge in [-0.15, -0.1) is 0 Å². The molecule has 41 heavy (non-hydrogen) atoms. The molecule has 0 aliphatic heterocycles. The molecule has 0 saturated heterocycles. The number of hydrogen-bond acceptors (Lipinski definition) is 5. The maximum Gasteiger partial charge on any atom is 0.264 e. The number of hydrogen-bond donors (Lipinski definition) is 1. The van der Waals surface area contributed by atoms with Crippen molar-refractivity contribution in [2.24, 2.45) is 0 Å². The molecule has 3 rings (SSSR count). The first-order valence-electron chi connectivity index (χ1n) is 14.0. The molecule has 1 atom stereocenters. The van der Waals surface area contributed by atoms with Crippen LogP contribution in [0, 0.1) is 13.8 Å². The normalized spacial score (nSPS) is 11.9. The molecule has 2 amide bonds. The lowest BCUT2D eigenvalue weighted by atomic mass is 10.1. The van der Waals surface area contributed by atoms with E-state index in [9.17, 15) is 18.0 Å². The molecule has 220 valence electrons. The van der Waals surface area contributed by atoms with Crippen molar-refractivity contribution in [1.82, 2.24) is 10.2 Å². The van der Waals surface area contributed by atoms with Crippen molar-refractivity contribution < 1.29 is 22.7 Å². The lowest BCUT2D eigenvalue weighted by Crippen LogP contribution is -2.52. The zero-order valence-corrected chi connectivity index (χ0v) is 25.4. The second-order valence-electron chi connectivity index (χ2n) is 9.99. The van der Waals surface area contributed by atoms with E-state index < -0.39 is 28.5 Å². The number of ether oxygens (including phenoxy) is 1. The van der Waals surface area contributed by atoms with Crippen LogP contribution in [0.3, 0.4) is 0 Å². The molecule has 3 aromatic carbocycles. The van der Waals surface area contributed by atoms with Gasteiger partial charge in [-0.2, -0.15) is 0 Å². The first kappa shape index (κ1) is 31.7. The summed E-state index contributed by atoms with van der Waals surface area (Å²) in [5.74, 6) is -0.119. The van der Waals surface area contributed by atoms with Gasteiger partial charge in [-0.05, 0) is 73.7 Å². The van der Waals surface area contributed by atoms with Gasteiger partial charge in [0.15, 0.2) is 0 Å². The number of nitrogens with one attached hydrogen (secondary N) is 1. The van der Waals surface area contributed by atoms with Crippen LogP contribution in [0.15, 0.2) is 77.7 Å². The molecule has 8 nitrogen and oxygen atoms in total. The SMILES string of the molecule is CCCCNC(=O)[C@@H](CC)N(Cc1cccc(OC)c1)C(=O)CN(c1cccc(C)c1C)S(=O)(=O)c1ccccc1. The summed E-state index contributed by atoms with van der Waals surface area (Å²) in [5, 5.41) is 2.95. The summed E-state index contributed by atoms with van der Waals surface area (Å²) in [5.41, 5.74) is 2.84. The number of rotatable bonds is 14. The minimum Gasteiger partial charge on any atom is -0.497 e. The van der Waals surface area contributed by atoms with E-state index in [0.29, 0.717) is 24.4 Å². The van der Waals surface area contributed by atoms with Crippen LogP contribution in [0.5, 0.6) is 5.75 Å². The van der Waals surface area contributed by atoms with E-state index in [-0.39, 0.29) is 17.3 Å². The molecular weight excluding hydrogens is 538 g/mol. The molecule has 0 fully saturated rings. The lowest BCUT2D eigenvalue weighted by Gasteiger charge is -2.33. The molecule has 1 N–H and O–H groups in total. The van der Waals surface area contributed by atoms with Crippen LogP contribution < -0.4 is 14.4 Å². The van der Waals surface area contributed by atoms with Gasteiger partial charge in [0, 0.05) is 13.1 Å². The maximum atomic E-state index is 14.2. The summed E-state index contributed by atoms with van der Waals surface area (Å²) in [6.07, 6.45) is 2.11. The average Bonchev–Trinajstić information content (AvgIpc) is 2.98. The quantitative estimate of drug-likeness (QED) is 0.264. The number of unbranched alkanes of at least 4 members (excludes halogenated alkanes) is 1. The highest BCUT2D eigenvalue weighted by molar-refractivity contribution is 7.92. The highest BCUT2D eigenvalue weighted by Gasteiger charge is 2.34. The van der Waals surface area contributed by atoms with Crippen LogP contribution in [0.4, 0.5) is 5.69 Å². The monoisotopic (exact) mass is 579 g/mol. The molecule has 0 heterocycles. The van der Waals surface area contributed by atoms with Gasteiger partial charge >= 0.3 is 0 Å². The Balaban J connectivity index is 2.07. The number of nitrogens with zero attached hydrogens (tertiary/aromatic N) is 2. The van der Waals surface area contributed by atoms with E-state index in [1.165, 1.54) is 17.0 Å². The Morgan fingerprint density at radius 3 is 2.32 bits per heavy atom. The van der Waals surface area contributed by atoms with Gasteiger partial charge in [-0.1, -0.05) is 62.7 Å². The Hall–Kier alpha value is -3.85. The van der Waals surface area contributed by atoms with Crippen molar-refractivity contribution in [1.29, 1.82) is 0 Å². The number of aryl methyl sites for hydroxylation is 1. The predicted molar refractivity (Wildman–Crippen MR) is 162 cm³/mol. The summed E-state index contributed by atoms with van der Waals surface area (Å²) >= 11 is 0. The van der Waals surface area contributed by atoms with E-state index in [2.05, 4.69) is 5.32 Å². The number of methoxy groups -OCH3 is 1. The van der Waals surface area contributed by atoms with Gasteiger partial charge in [-0.25, -0.2) is 8.42 Å². The van der Waals surface area contributed by atoms with Crippen LogP contribution in [0.25, 0.3) is 0 Å². The summed E-state index contributed by atoms with van der Waals surface area (Å²) in [6.45, 7) is 7.77. The molecule has 0 bridgehead atoms. The van der Waals surface area contributed by atoms with Crippen molar-refractivity contribution in [3.8, 4) is 5.75 Å². The maximum absolute atomic E-state index is 14.2. The topological polar surface area (TPSA) is 96.0 Å². The van der Waals surface area contributed by atoms with E-state index in [1.54, 1.807) is 43.5 Å².